The predicted molar refractivity (Wildman–Crippen MR) is 111 cm³/mol. The molecule has 29 heavy (non-hydrogen) atoms. The molecule has 156 valence electrons. The van der Waals surface area contributed by atoms with E-state index in [2.05, 4.69) is 5.32 Å². The maximum atomic E-state index is 13.1. The Kier molecular flexibility index (Phi) is 6.89. The van der Waals surface area contributed by atoms with Crippen molar-refractivity contribution in [3.63, 3.8) is 0 Å². The summed E-state index contributed by atoms with van der Waals surface area (Å²) < 4.78 is 38.4. The third-order valence-electron chi connectivity index (χ3n) is 4.73. The molecule has 1 aliphatic heterocycles. The van der Waals surface area contributed by atoms with Crippen molar-refractivity contribution in [1.82, 2.24) is 4.31 Å². The first-order valence-electron chi connectivity index (χ1n) is 9.61. The standard InChI is InChI=1S/C21H26N2O5S/c1-3-28-19-9-8-18(22-21(24)14-17-7-5-4-6-16(17)2)15-20(19)29(25,26)23-10-12-27-13-11-23/h4-9,15H,3,10-14H2,1-2H3,(H,22,24). The van der Waals surface area contributed by atoms with Gasteiger partial charge in [0.15, 0.2) is 0 Å². The molecule has 1 N–H and O–H groups in total. The van der Waals surface area contributed by atoms with E-state index in [1.165, 1.54) is 10.4 Å². The first kappa shape index (κ1) is 21.3. The van der Waals surface area contributed by atoms with Gasteiger partial charge in [-0.2, -0.15) is 4.31 Å². The molecule has 8 heteroatoms. The number of morpholine rings is 1. The number of nitrogens with zero attached hydrogens (tertiary/aromatic N) is 1. The van der Waals surface area contributed by atoms with Crippen molar-refractivity contribution >= 4 is 21.6 Å². The number of aryl methyl sites for hydroxylation is 1. The van der Waals surface area contributed by atoms with Gasteiger partial charge in [0.2, 0.25) is 15.9 Å². The molecule has 1 saturated heterocycles. The van der Waals surface area contributed by atoms with Crippen LogP contribution in [0.2, 0.25) is 0 Å². The van der Waals surface area contributed by atoms with Crippen LogP contribution in [0.25, 0.3) is 0 Å². The number of rotatable bonds is 7. The molecular formula is C21H26N2O5S. The van der Waals surface area contributed by atoms with Crippen LogP contribution in [0.4, 0.5) is 5.69 Å². The maximum Gasteiger partial charge on any atom is 0.246 e. The van der Waals surface area contributed by atoms with E-state index in [-0.39, 0.29) is 36.1 Å². The fourth-order valence-electron chi connectivity index (χ4n) is 3.17. The topological polar surface area (TPSA) is 84.9 Å². The molecule has 0 spiro atoms. The summed E-state index contributed by atoms with van der Waals surface area (Å²) in [5.41, 5.74) is 2.38. The van der Waals surface area contributed by atoms with E-state index < -0.39 is 10.0 Å². The molecular weight excluding hydrogens is 392 g/mol. The van der Waals surface area contributed by atoms with Crippen molar-refractivity contribution in [3.05, 3.63) is 53.6 Å². The summed E-state index contributed by atoms with van der Waals surface area (Å²) >= 11 is 0. The van der Waals surface area contributed by atoms with Gasteiger partial charge in [-0.15, -0.1) is 0 Å². The van der Waals surface area contributed by atoms with Crippen LogP contribution in [0.3, 0.4) is 0 Å². The van der Waals surface area contributed by atoms with Gasteiger partial charge in [0, 0.05) is 18.8 Å². The molecule has 0 radical (unpaired) electrons. The van der Waals surface area contributed by atoms with Crippen molar-refractivity contribution in [2.75, 3.05) is 38.2 Å². The molecule has 0 bridgehead atoms. The lowest BCUT2D eigenvalue weighted by Gasteiger charge is -2.27. The third-order valence-corrected chi connectivity index (χ3v) is 6.65. The van der Waals surface area contributed by atoms with E-state index in [1.54, 1.807) is 19.1 Å². The molecule has 0 saturated carbocycles. The summed E-state index contributed by atoms with van der Waals surface area (Å²) in [5, 5.41) is 2.80. The van der Waals surface area contributed by atoms with Crippen LogP contribution in [0.1, 0.15) is 18.1 Å². The minimum absolute atomic E-state index is 0.0509. The van der Waals surface area contributed by atoms with Crippen molar-refractivity contribution in [1.29, 1.82) is 0 Å². The predicted octanol–water partition coefficient (Wildman–Crippen LogP) is 2.60. The lowest BCUT2D eigenvalue weighted by molar-refractivity contribution is -0.115. The Hall–Kier alpha value is -2.42. The van der Waals surface area contributed by atoms with Crippen LogP contribution in [0.5, 0.6) is 5.75 Å². The molecule has 0 atom stereocenters. The second-order valence-corrected chi connectivity index (χ2v) is 8.67. The molecule has 0 unspecified atom stereocenters. The van der Waals surface area contributed by atoms with Gasteiger partial charge >= 0.3 is 0 Å². The van der Waals surface area contributed by atoms with E-state index in [4.69, 9.17) is 9.47 Å². The second kappa shape index (κ2) is 9.39. The Labute approximate surface area is 171 Å². The van der Waals surface area contributed by atoms with Gasteiger partial charge in [0.1, 0.15) is 10.6 Å². The average Bonchev–Trinajstić information content (AvgIpc) is 2.71. The van der Waals surface area contributed by atoms with Crippen molar-refractivity contribution in [2.24, 2.45) is 0 Å². The highest BCUT2D eigenvalue weighted by Crippen LogP contribution is 2.30. The highest BCUT2D eigenvalue weighted by molar-refractivity contribution is 7.89. The molecule has 0 aliphatic carbocycles. The van der Waals surface area contributed by atoms with Gasteiger partial charge in [0.25, 0.3) is 0 Å². The normalized spacial score (nSPS) is 15.1. The highest BCUT2D eigenvalue weighted by Gasteiger charge is 2.29. The van der Waals surface area contributed by atoms with Gasteiger partial charge in [-0.3, -0.25) is 4.79 Å². The molecule has 1 amide bonds. The van der Waals surface area contributed by atoms with Crippen LogP contribution < -0.4 is 10.1 Å². The second-order valence-electron chi connectivity index (χ2n) is 6.76. The Bertz CT molecular complexity index is 969. The number of benzene rings is 2. The zero-order valence-corrected chi connectivity index (χ0v) is 17.5. The Morgan fingerprint density at radius 3 is 2.59 bits per heavy atom. The Morgan fingerprint density at radius 1 is 1.17 bits per heavy atom. The van der Waals surface area contributed by atoms with Crippen molar-refractivity contribution < 1.29 is 22.7 Å². The third kappa shape index (κ3) is 5.14. The molecule has 7 nitrogen and oxygen atoms in total. The van der Waals surface area contributed by atoms with Gasteiger partial charge < -0.3 is 14.8 Å². The quantitative estimate of drug-likeness (QED) is 0.747. The SMILES string of the molecule is CCOc1ccc(NC(=O)Cc2ccccc2C)cc1S(=O)(=O)N1CCOCC1. The number of anilines is 1. The number of amides is 1. The number of sulfonamides is 1. The average molecular weight is 419 g/mol. The van der Waals surface area contributed by atoms with Crippen molar-refractivity contribution in [2.45, 2.75) is 25.2 Å². The summed E-state index contributed by atoms with van der Waals surface area (Å²) in [5.74, 6) is 0.0640. The molecule has 1 heterocycles. The van der Waals surface area contributed by atoms with Gasteiger partial charge in [-0.25, -0.2) is 8.42 Å². The molecule has 2 aromatic carbocycles. The van der Waals surface area contributed by atoms with Crippen LogP contribution >= 0.6 is 0 Å². The number of nitrogens with one attached hydrogen (secondary N) is 1. The minimum Gasteiger partial charge on any atom is -0.492 e. The Morgan fingerprint density at radius 2 is 1.90 bits per heavy atom. The van der Waals surface area contributed by atoms with E-state index in [0.29, 0.717) is 25.5 Å². The lowest BCUT2D eigenvalue weighted by atomic mass is 10.1. The van der Waals surface area contributed by atoms with E-state index >= 15 is 0 Å². The summed E-state index contributed by atoms with van der Waals surface area (Å²) in [6.07, 6.45) is 0.214. The maximum absolute atomic E-state index is 13.1. The fraction of sp³-hybridized carbons (Fsp3) is 0.381. The van der Waals surface area contributed by atoms with Crippen LogP contribution in [0.15, 0.2) is 47.4 Å². The fourth-order valence-corrected chi connectivity index (χ4v) is 4.74. The molecule has 2 aromatic rings. The molecule has 3 rings (SSSR count). The van der Waals surface area contributed by atoms with Crippen LogP contribution in [-0.2, 0) is 26.0 Å². The number of ether oxygens (including phenoxy) is 2. The number of carbonyl (C=O) groups excluding carboxylic acids is 1. The largest absolute Gasteiger partial charge is 0.492 e. The van der Waals surface area contributed by atoms with Crippen LogP contribution in [-0.4, -0.2) is 51.5 Å². The number of carbonyl (C=O) groups is 1. The zero-order chi connectivity index (χ0) is 20.9. The minimum atomic E-state index is -3.76. The lowest BCUT2D eigenvalue weighted by Crippen LogP contribution is -2.40. The molecule has 0 aromatic heterocycles. The van der Waals surface area contributed by atoms with Gasteiger partial charge in [-0.05, 0) is 43.2 Å². The zero-order valence-electron chi connectivity index (χ0n) is 16.7. The summed E-state index contributed by atoms with van der Waals surface area (Å²) in [6, 6.07) is 12.4. The highest BCUT2D eigenvalue weighted by atomic mass is 32.2. The monoisotopic (exact) mass is 418 g/mol. The van der Waals surface area contributed by atoms with Gasteiger partial charge in [0.05, 0.1) is 26.2 Å². The summed E-state index contributed by atoms with van der Waals surface area (Å²) in [7, 11) is -3.76. The molecule has 1 fully saturated rings. The van der Waals surface area contributed by atoms with E-state index in [0.717, 1.165) is 11.1 Å². The van der Waals surface area contributed by atoms with Gasteiger partial charge in [-0.1, -0.05) is 24.3 Å². The Balaban J connectivity index is 1.84. The van der Waals surface area contributed by atoms with E-state index in [9.17, 15) is 13.2 Å². The first-order valence-corrected chi connectivity index (χ1v) is 11.0. The first-order chi connectivity index (χ1) is 13.9. The van der Waals surface area contributed by atoms with Crippen LogP contribution in [0, 0.1) is 6.92 Å². The summed E-state index contributed by atoms with van der Waals surface area (Å²) in [6.45, 7) is 5.38. The van der Waals surface area contributed by atoms with Crippen molar-refractivity contribution in [3.8, 4) is 5.75 Å². The number of hydrogen-bond acceptors (Lipinski definition) is 5. The molecule has 1 aliphatic rings. The smallest absolute Gasteiger partial charge is 0.246 e. The van der Waals surface area contributed by atoms with E-state index in [1.807, 2.05) is 31.2 Å². The number of hydrogen-bond donors (Lipinski definition) is 1. The summed E-state index contributed by atoms with van der Waals surface area (Å²) in [4.78, 5) is 12.5.